The predicted molar refractivity (Wildman–Crippen MR) is 134 cm³/mol. The summed E-state index contributed by atoms with van der Waals surface area (Å²) >= 11 is 0. The van der Waals surface area contributed by atoms with Crippen LogP contribution in [0.1, 0.15) is 48.4 Å². The van der Waals surface area contributed by atoms with Crippen LogP contribution < -0.4 is 0 Å². The summed E-state index contributed by atoms with van der Waals surface area (Å²) < 4.78 is 81.1. The van der Waals surface area contributed by atoms with Gasteiger partial charge in [-0.25, -0.2) is 4.79 Å². The van der Waals surface area contributed by atoms with Crippen molar-refractivity contribution in [3.05, 3.63) is 70.8 Å². The summed E-state index contributed by atoms with van der Waals surface area (Å²) in [5, 5.41) is 9.87. The third-order valence-corrected chi connectivity index (χ3v) is 7.88. The van der Waals surface area contributed by atoms with Crippen molar-refractivity contribution in [3.63, 3.8) is 0 Å². The van der Waals surface area contributed by atoms with Crippen LogP contribution in [-0.2, 0) is 22.6 Å². The number of likely N-dealkylation sites (N-methyl/N-ethyl adjacent to an activating group) is 1. The smallest absolute Gasteiger partial charge is 0.391 e. The molecule has 3 amide bonds. The van der Waals surface area contributed by atoms with Gasteiger partial charge in [0.05, 0.1) is 28.7 Å². The lowest BCUT2D eigenvalue weighted by atomic mass is 9.80. The molecule has 2 aliphatic heterocycles. The maximum atomic E-state index is 13.8. The zero-order valence-corrected chi connectivity index (χ0v) is 22.3. The topological polar surface area (TPSA) is 64.1 Å². The van der Waals surface area contributed by atoms with Crippen molar-refractivity contribution in [2.45, 2.75) is 56.1 Å². The second kappa shape index (κ2) is 10.6. The van der Waals surface area contributed by atoms with Crippen LogP contribution >= 0.6 is 0 Å². The van der Waals surface area contributed by atoms with Gasteiger partial charge in [-0.1, -0.05) is 30.3 Å². The first-order chi connectivity index (χ1) is 18.5. The molecule has 1 unspecified atom stereocenters. The van der Waals surface area contributed by atoms with E-state index in [0.29, 0.717) is 25.1 Å². The van der Waals surface area contributed by atoms with Crippen LogP contribution in [0.3, 0.4) is 0 Å². The van der Waals surface area contributed by atoms with E-state index in [4.69, 9.17) is 0 Å². The molecule has 2 heterocycles. The summed E-state index contributed by atoms with van der Waals surface area (Å²) in [6.07, 6.45) is -10.3. The minimum Gasteiger partial charge on any atom is -0.391 e. The Morgan fingerprint density at radius 1 is 0.850 bits per heavy atom. The van der Waals surface area contributed by atoms with Gasteiger partial charge in [0.2, 0.25) is 5.91 Å². The number of carbonyl (C=O) groups is 2. The molecule has 3 atom stereocenters. The average molecular weight is 572 g/mol. The average Bonchev–Trinajstić information content (AvgIpc) is 3.53. The Morgan fingerprint density at radius 2 is 1.40 bits per heavy atom. The number of β-amino-alcohol motifs (C(OH)–C–C–N with tert-alkyl or cyclic N) is 1. The standard InChI is InChI=1S/C28H31F6N3O3/c1-26(2,18-11-19(27(29,30)31)13-20(12-18)28(32,33)34)24(39)35(3)23-16-37(25(40)36-10-9-21(38)14-36)15-22(23)17-7-5-4-6-8-17/h4-8,11-13,21-23,38H,9-10,14-16H2,1-3H3/t21?,22-,23+/m0/s1. The SMILES string of the molecule is CN(C(=O)C(C)(C)c1cc(C(F)(F)F)cc(C(F)(F)F)c1)[C@@H]1CN(C(=O)N2CCC(O)C2)C[C@H]1c1ccccc1. The highest BCUT2D eigenvalue weighted by Crippen LogP contribution is 2.40. The third-order valence-electron chi connectivity index (χ3n) is 7.88. The van der Waals surface area contributed by atoms with E-state index in [9.17, 15) is 41.0 Å². The van der Waals surface area contributed by atoms with Crippen LogP contribution in [0.25, 0.3) is 0 Å². The molecule has 2 aliphatic rings. The van der Waals surface area contributed by atoms with E-state index in [1.165, 1.54) is 30.7 Å². The Hall–Kier alpha value is -3.28. The van der Waals surface area contributed by atoms with Gasteiger partial charge in [0, 0.05) is 39.1 Å². The highest BCUT2D eigenvalue weighted by atomic mass is 19.4. The van der Waals surface area contributed by atoms with Crippen molar-refractivity contribution in [2.75, 3.05) is 33.2 Å². The van der Waals surface area contributed by atoms with Gasteiger partial charge in [-0.15, -0.1) is 0 Å². The first-order valence-corrected chi connectivity index (χ1v) is 12.8. The number of aliphatic hydroxyl groups is 1. The lowest BCUT2D eigenvalue weighted by Gasteiger charge is -2.36. The molecule has 218 valence electrons. The molecule has 12 heteroatoms. The lowest BCUT2D eigenvalue weighted by Crippen LogP contribution is -2.49. The number of aliphatic hydroxyl groups excluding tert-OH is 1. The van der Waals surface area contributed by atoms with Crippen LogP contribution in [0.15, 0.2) is 48.5 Å². The van der Waals surface area contributed by atoms with E-state index in [2.05, 4.69) is 0 Å². The van der Waals surface area contributed by atoms with Gasteiger partial charge in [-0.3, -0.25) is 4.79 Å². The second-order valence-corrected chi connectivity index (χ2v) is 11.0. The molecular weight excluding hydrogens is 540 g/mol. The van der Waals surface area contributed by atoms with Gasteiger partial charge >= 0.3 is 18.4 Å². The number of alkyl halides is 6. The van der Waals surface area contributed by atoms with Crippen molar-refractivity contribution in [1.29, 1.82) is 0 Å². The van der Waals surface area contributed by atoms with Gasteiger partial charge in [0.1, 0.15) is 0 Å². The van der Waals surface area contributed by atoms with E-state index >= 15 is 0 Å². The Bertz CT molecular complexity index is 1220. The number of hydrogen-bond acceptors (Lipinski definition) is 3. The van der Waals surface area contributed by atoms with Crippen molar-refractivity contribution >= 4 is 11.9 Å². The number of nitrogens with zero attached hydrogens (tertiary/aromatic N) is 3. The molecule has 2 aromatic rings. The molecule has 0 saturated carbocycles. The van der Waals surface area contributed by atoms with E-state index in [1.54, 1.807) is 17.0 Å². The van der Waals surface area contributed by atoms with Crippen LogP contribution in [0.4, 0.5) is 31.1 Å². The van der Waals surface area contributed by atoms with E-state index < -0.39 is 52.5 Å². The predicted octanol–water partition coefficient (Wildman–Crippen LogP) is 5.11. The molecule has 2 saturated heterocycles. The maximum absolute atomic E-state index is 13.8. The summed E-state index contributed by atoms with van der Waals surface area (Å²) in [6, 6.07) is 9.42. The van der Waals surface area contributed by atoms with Gasteiger partial charge in [-0.2, -0.15) is 26.3 Å². The number of amides is 3. The van der Waals surface area contributed by atoms with Crippen molar-refractivity contribution in [1.82, 2.24) is 14.7 Å². The number of benzene rings is 2. The van der Waals surface area contributed by atoms with Crippen LogP contribution in [0.5, 0.6) is 0 Å². The zero-order chi connectivity index (χ0) is 29.6. The highest BCUT2D eigenvalue weighted by Gasteiger charge is 2.46. The summed E-state index contributed by atoms with van der Waals surface area (Å²) in [5.41, 5.74) is -4.32. The second-order valence-electron chi connectivity index (χ2n) is 11.0. The van der Waals surface area contributed by atoms with Gasteiger partial charge in [0.15, 0.2) is 0 Å². The van der Waals surface area contributed by atoms with Crippen molar-refractivity contribution < 1.29 is 41.0 Å². The summed E-state index contributed by atoms with van der Waals surface area (Å²) in [4.78, 5) is 31.5. The number of halogens is 6. The Morgan fingerprint density at radius 3 is 1.90 bits per heavy atom. The molecule has 0 aromatic heterocycles. The minimum atomic E-state index is -5.05. The fourth-order valence-corrected chi connectivity index (χ4v) is 5.51. The van der Waals surface area contributed by atoms with E-state index in [-0.39, 0.29) is 37.6 Å². The lowest BCUT2D eigenvalue weighted by molar-refractivity contribution is -0.144. The molecule has 2 aromatic carbocycles. The Balaban J connectivity index is 1.67. The fourth-order valence-electron chi connectivity index (χ4n) is 5.51. The number of urea groups is 1. The first-order valence-electron chi connectivity index (χ1n) is 12.8. The quantitative estimate of drug-likeness (QED) is 0.519. The first kappa shape index (κ1) is 29.7. The highest BCUT2D eigenvalue weighted by molar-refractivity contribution is 5.88. The largest absolute Gasteiger partial charge is 0.416 e. The molecule has 0 aliphatic carbocycles. The van der Waals surface area contributed by atoms with Crippen LogP contribution in [0.2, 0.25) is 0 Å². The summed E-state index contributed by atoms with van der Waals surface area (Å²) in [6.45, 7) is 3.52. The van der Waals surface area contributed by atoms with Gasteiger partial charge in [0.25, 0.3) is 0 Å². The summed E-state index contributed by atoms with van der Waals surface area (Å²) in [7, 11) is 1.45. The molecule has 6 nitrogen and oxygen atoms in total. The van der Waals surface area contributed by atoms with Crippen LogP contribution in [0, 0.1) is 0 Å². The maximum Gasteiger partial charge on any atom is 0.416 e. The number of carbonyl (C=O) groups excluding carboxylic acids is 2. The van der Waals surface area contributed by atoms with Gasteiger partial charge in [-0.05, 0) is 49.6 Å². The number of rotatable bonds is 4. The summed E-state index contributed by atoms with van der Waals surface area (Å²) in [5.74, 6) is -1.04. The molecule has 0 radical (unpaired) electrons. The van der Waals surface area contributed by atoms with E-state index in [1.807, 2.05) is 18.2 Å². The molecule has 0 bridgehead atoms. The monoisotopic (exact) mass is 571 g/mol. The molecule has 0 spiro atoms. The molecular formula is C28H31F6N3O3. The molecule has 40 heavy (non-hydrogen) atoms. The zero-order valence-electron chi connectivity index (χ0n) is 22.3. The van der Waals surface area contributed by atoms with Gasteiger partial charge < -0.3 is 19.8 Å². The third kappa shape index (κ3) is 5.91. The Labute approximate surface area is 228 Å². The van der Waals surface area contributed by atoms with Crippen molar-refractivity contribution in [3.8, 4) is 0 Å². The number of likely N-dealkylation sites (tertiary alicyclic amines) is 2. The van der Waals surface area contributed by atoms with Crippen LogP contribution in [-0.4, -0.2) is 77.1 Å². The minimum absolute atomic E-state index is 0.0367. The molecule has 1 N–H and O–H groups in total. The van der Waals surface area contributed by atoms with Crippen molar-refractivity contribution in [2.24, 2.45) is 0 Å². The molecule has 2 fully saturated rings. The van der Waals surface area contributed by atoms with E-state index in [0.717, 1.165) is 5.56 Å². The normalized spacial score (nSPS) is 22.1. The molecule has 4 rings (SSSR count). The number of hydrogen-bond donors (Lipinski definition) is 1. The fraction of sp³-hybridized carbons (Fsp3) is 0.500. The Kier molecular flexibility index (Phi) is 7.87.